The summed E-state index contributed by atoms with van der Waals surface area (Å²) in [6.07, 6.45) is 17.2. The number of nitrogens with zero attached hydrogens (tertiary/aromatic N) is 3. The van der Waals surface area contributed by atoms with E-state index in [9.17, 15) is 4.79 Å². The lowest BCUT2D eigenvalue weighted by molar-refractivity contribution is -0.0619. The third-order valence-corrected chi connectivity index (χ3v) is 13.0. The predicted octanol–water partition coefficient (Wildman–Crippen LogP) is 6.18. The highest BCUT2D eigenvalue weighted by molar-refractivity contribution is 5.75. The molecule has 3 saturated carbocycles. The van der Waals surface area contributed by atoms with Crippen molar-refractivity contribution in [3.05, 3.63) is 11.6 Å². The zero-order chi connectivity index (χ0) is 34.9. The molecule has 274 valence electrons. The summed E-state index contributed by atoms with van der Waals surface area (Å²) in [5.41, 5.74) is 24.1. The molecule has 0 bridgehead atoms. The van der Waals surface area contributed by atoms with Gasteiger partial charge >= 0.3 is 6.16 Å². The van der Waals surface area contributed by atoms with Gasteiger partial charge in [0.1, 0.15) is 12.7 Å². The molecule has 4 aliphatic rings. The lowest BCUT2D eigenvalue weighted by Crippen LogP contribution is -2.51. The molecule has 0 spiro atoms. The number of ether oxygens (including phenoxy) is 2. The predicted molar refractivity (Wildman–Crippen MR) is 196 cm³/mol. The van der Waals surface area contributed by atoms with Crippen LogP contribution < -0.4 is 22.9 Å². The molecule has 8 atom stereocenters. The lowest BCUT2D eigenvalue weighted by atomic mass is 9.47. The van der Waals surface area contributed by atoms with Gasteiger partial charge in [0.25, 0.3) is 0 Å². The average Bonchev–Trinajstić information content (AvgIpc) is 3.38. The summed E-state index contributed by atoms with van der Waals surface area (Å²) in [4.78, 5) is 23.1. The Morgan fingerprint density at radius 3 is 2.23 bits per heavy atom. The van der Waals surface area contributed by atoms with Gasteiger partial charge in [-0.05, 0) is 104 Å². The Hall–Kier alpha value is -2.49. The normalized spacial score (nSPS) is 31.6. The Morgan fingerprint density at radius 2 is 1.58 bits per heavy atom. The number of carbonyl (C=O) groups is 1. The van der Waals surface area contributed by atoms with Crippen LogP contribution in [0.1, 0.15) is 118 Å². The average molecular weight is 672 g/mol. The molecule has 0 radical (unpaired) electrons. The first-order chi connectivity index (χ1) is 22.8. The van der Waals surface area contributed by atoms with Crippen molar-refractivity contribution in [3.8, 4) is 0 Å². The van der Waals surface area contributed by atoms with E-state index in [1.54, 1.807) is 0 Å². The first kappa shape index (κ1) is 38.3. The summed E-state index contributed by atoms with van der Waals surface area (Å²) >= 11 is 0. The van der Waals surface area contributed by atoms with Crippen molar-refractivity contribution in [1.29, 1.82) is 0 Å². The van der Waals surface area contributed by atoms with Crippen LogP contribution >= 0.6 is 0 Å². The van der Waals surface area contributed by atoms with Crippen molar-refractivity contribution < 1.29 is 14.3 Å². The standard InChI is InChI=1S/C38H69N7O3/c1-26(2)9-6-10-27(3)31-13-14-32-30-12-11-28-25-29(15-17-37(28,4)33(30)16-18-38(31,32)5)48-36(46)47-24-23-45(21-7-19-43-34(39)40)22-8-20-44-35(41)42/h11,26-27,29-33H,6-10,12-25H2,1-5H3,(H4,39,40,43)(H4,41,42,44). The fourth-order valence-electron chi connectivity index (χ4n) is 10.5. The Kier molecular flexibility index (Phi) is 13.9. The summed E-state index contributed by atoms with van der Waals surface area (Å²) in [6, 6.07) is 0. The molecule has 0 saturated heterocycles. The molecule has 0 aromatic carbocycles. The maximum absolute atomic E-state index is 12.8. The number of allylic oxidation sites excluding steroid dienone is 1. The monoisotopic (exact) mass is 672 g/mol. The van der Waals surface area contributed by atoms with Crippen molar-refractivity contribution in [2.75, 3.05) is 39.3 Å². The van der Waals surface area contributed by atoms with Gasteiger partial charge in [-0.2, -0.15) is 0 Å². The van der Waals surface area contributed by atoms with E-state index in [1.165, 1.54) is 56.9 Å². The van der Waals surface area contributed by atoms with E-state index in [2.05, 4.69) is 55.6 Å². The van der Waals surface area contributed by atoms with Crippen LogP contribution in [0.3, 0.4) is 0 Å². The van der Waals surface area contributed by atoms with Crippen LogP contribution in [0, 0.1) is 46.3 Å². The molecule has 4 aliphatic carbocycles. The fourth-order valence-corrected chi connectivity index (χ4v) is 10.5. The first-order valence-electron chi connectivity index (χ1n) is 19.2. The Morgan fingerprint density at radius 1 is 0.896 bits per heavy atom. The van der Waals surface area contributed by atoms with Crippen molar-refractivity contribution in [2.45, 2.75) is 124 Å². The van der Waals surface area contributed by atoms with Crippen molar-refractivity contribution in [3.63, 3.8) is 0 Å². The van der Waals surface area contributed by atoms with E-state index in [1.807, 2.05) is 0 Å². The summed E-state index contributed by atoms with van der Waals surface area (Å²) in [5.74, 6) is 5.11. The number of rotatable bonds is 17. The van der Waals surface area contributed by atoms with Crippen LogP contribution in [0.15, 0.2) is 21.6 Å². The zero-order valence-corrected chi connectivity index (χ0v) is 30.9. The number of hydrogen-bond donors (Lipinski definition) is 4. The molecular formula is C38H69N7O3. The summed E-state index contributed by atoms with van der Waals surface area (Å²) in [5, 5.41) is 0. The minimum atomic E-state index is -0.563. The van der Waals surface area contributed by atoms with E-state index in [-0.39, 0.29) is 30.0 Å². The van der Waals surface area contributed by atoms with Crippen LogP contribution in [0.25, 0.3) is 0 Å². The Labute approximate surface area is 291 Å². The second kappa shape index (κ2) is 17.4. The van der Waals surface area contributed by atoms with E-state index in [4.69, 9.17) is 32.4 Å². The Bertz CT molecular complexity index is 1110. The maximum Gasteiger partial charge on any atom is 0.508 e. The number of fused-ring (bicyclic) bond motifs is 5. The van der Waals surface area contributed by atoms with Gasteiger partial charge < -0.3 is 32.4 Å². The van der Waals surface area contributed by atoms with Gasteiger partial charge in [0.15, 0.2) is 11.9 Å². The van der Waals surface area contributed by atoms with Gasteiger partial charge in [-0.1, -0.05) is 65.5 Å². The number of hydrogen-bond acceptors (Lipinski definition) is 6. The summed E-state index contributed by atoms with van der Waals surface area (Å²) < 4.78 is 11.5. The second-order valence-corrected chi connectivity index (χ2v) is 16.5. The van der Waals surface area contributed by atoms with Gasteiger partial charge in [0.2, 0.25) is 0 Å². The van der Waals surface area contributed by atoms with E-state index >= 15 is 0 Å². The Balaban J connectivity index is 1.26. The zero-order valence-electron chi connectivity index (χ0n) is 30.9. The smallest absolute Gasteiger partial charge is 0.433 e. The second-order valence-electron chi connectivity index (χ2n) is 16.5. The van der Waals surface area contributed by atoms with Gasteiger partial charge in [0, 0.05) is 39.1 Å². The van der Waals surface area contributed by atoms with Crippen molar-refractivity contribution in [1.82, 2.24) is 4.90 Å². The van der Waals surface area contributed by atoms with Crippen LogP contribution in [0.5, 0.6) is 0 Å². The molecule has 0 amide bonds. The minimum Gasteiger partial charge on any atom is -0.433 e. The first-order valence-corrected chi connectivity index (χ1v) is 19.2. The molecule has 4 rings (SSSR count). The maximum atomic E-state index is 12.8. The third-order valence-electron chi connectivity index (χ3n) is 13.0. The summed E-state index contributed by atoms with van der Waals surface area (Å²) in [6.45, 7) is 16.0. The lowest BCUT2D eigenvalue weighted by Gasteiger charge is -2.58. The van der Waals surface area contributed by atoms with Gasteiger partial charge in [-0.15, -0.1) is 0 Å². The number of nitrogens with two attached hydrogens (primary N) is 4. The topological polar surface area (TPSA) is 168 Å². The highest BCUT2D eigenvalue weighted by Gasteiger charge is 2.59. The number of aliphatic imine (C=N–C) groups is 2. The minimum absolute atomic E-state index is 0.0915. The molecule has 3 fully saturated rings. The van der Waals surface area contributed by atoms with E-state index < -0.39 is 6.16 Å². The fraction of sp³-hybridized carbons (Fsp3) is 0.868. The quantitative estimate of drug-likeness (QED) is 0.0468. The van der Waals surface area contributed by atoms with Crippen molar-refractivity contribution >= 4 is 18.1 Å². The van der Waals surface area contributed by atoms with Gasteiger partial charge in [0.05, 0.1) is 0 Å². The molecule has 0 aliphatic heterocycles. The van der Waals surface area contributed by atoms with Crippen molar-refractivity contribution in [2.24, 2.45) is 79.3 Å². The molecule has 0 aromatic heterocycles. The molecule has 10 nitrogen and oxygen atoms in total. The molecular weight excluding hydrogens is 602 g/mol. The largest absolute Gasteiger partial charge is 0.508 e. The van der Waals surface area contributed by atoms with Gasteiger partial charge in [-0.25, -0.2) is 4.79 Å². The van der Waals surface area contributed by atoms with Gasteiger partial charge in [-0.3, -0.25) is 14.9 Å². The number of carbonyl (C=O) groups excluding carboxylic acids is 1. The molecule has 8 unspecified atom stereocenters. The van der Waals surface area contributed by atoms with Crippen LogP contribution in [0.4, 0.5) is 4.79 Å². The molecule has 10 heteroatoms. The highest BCUT2D eigenvalue weighted by atomic mass is 16.7. The third kappa shape index (κ3) is 9.81. The van der Waals surface area contributed by atoms with Crippen LogP contribution in [-0.2, 0) is 9.47 Å². The SMILES string of the molecule is CC(C)CCCC(C)C1CCC2C3CC=C4CC(OC(=O)OCCN(CCCN=C(N)N)CCCN=C(N)N)CCC4(C)C3CCC12C. The van der Waals surface area contributed by atoms with E-state index in [0.717, 1.165) is 80.7 Å². The molecule has 0 aromatic rings. The van der Waals surface area contributed by atoms with E-state index in [0.29, 0.717) is 25.0 Å². The van der Waals surface area contributed by atoms with Crippen LogP contribution in [0.2, 0.25) is 0 Å². The molecule has 8 N–H and O–H groups in total. The summed E-state index contributed by atoms with van der Waals surface area (Å²) in [7, 11) is 0. The van der Waals surface area contributed by atoms with Crippen LogP contribution in [-0.4, -0.2) is 68.4 Å². The highest BCUT2D eigenvalue weighted by Crippen LogP contribution is 2.67. The molecule has 48 heavy (non-hydrogen) atoms. The molecule has 0 heterocycles. The number of guanidine groups is 2.